The molecule has 0 saturated heterocycles. The van der Waals surface area contributed by atoms with E-state index in [1.54, 1.807) is 0 Å². The van der Waals surface area contributed by atoms with E-state index in [0.717, 1.165) is 0 Å². The van der Waals surface area contributed by atoms with Gasteiger partial charge in [0.15, 0.2) is 0 Å². The molecule has 1 nitrogen and oxygen atoms in total. The predicted octanol–water partition coefficient (Wildman–Crippen LogP) is 3.04. The molecule has 2 atom stereocenters. The topological polar surface area (TPSA) is 26.0 Å². The van der Waals surface area contributed by atoms with Crippen molar-refractivity contribution in [2.75, 3.05) is 5.75 Å². The minimum Gasteiger partial charge on any atom is -0.327 e. The lowest BCUT2D eigenvalue weighted by molar-refractivity contribution is 0.566. The highest BCUT2D eigenvalue weighted by Gasteiger charge is 2.14. The van der Waals surface area contributed by atoms with Crippen LogP contribution < -0.4 is 5.73 Å². The zero-order valence-electron chi connectivity index (χ0n) is 8.68. The Bertz CT molecular complexity index is 95.8. The summed E-state index contributed by atoms with van der Waals surface area (Å²) in [5, 5.41) is 0.685. The van der Waals surface area contributed by atoms with Crippen molar-refractivity contribution in [1.82, 2.24) is 0 Å². The highest BCUT2D eigenvalue weighted by atomic mass is 32.2. The lowest BCUT2D eigenvalue weighted by atomic mass is 10.1. The van der Waals surface area contributed by atoms with E-state index in [9.17, 15) is 0 Å². The minimum atomic E-state index is 0.413. The molecule has 0 rings (SSSR count). The molecular weight excluding hydrogens is 166 g/mol. The molecule has 2 heteroatoms. The maximum Gasteiger partial charge on any atom is 0.0196 e. The van der Waals surface area contributed by atoms with Crippen molar-refractivity contribution in [2.45, 2.75) is 57.7 Å². The molecule has 0 aliphatic carbocycles. The van der Waals surface area contributed by atoms with Crippen LogP contribution in [0.15, 0.2) is 0 Å². The Kier molecular flexibility index (Phi) is 8.14. The van der Waals surface area contributed by atoms with Crippen LogP contribution in [0.3, 0.4) is 0 Å². The summed E-state index contributed by atoms with van der Waals surface area (Å²) in [6.45, 7) is 6.67. The third-order valence-electron chi connectivity index (χ3n) is 2.04. The zero-order valence-corrected chi connectivity index (χ0v) is 9.49. The third-order valence-corrected chi connectivity index (χ3v) is 3.79. The van der Waals surface area contributed by atoms with E-state index in [1.165, 1.54) is 31.4 Å². The summed E-state index contributed by atoms with van der Waals surface area (Å²) in [5.74, 6) is 1.26. The summed E-state index contributed by atoms with van der Waals surface area (Å²) in [6.07, 6.45) is 4.87. The number of hydrogen-bond donors (Lipinski definition) is 1. The van der Waals surface area contributed by atoms with Gasteiger partial charge in [-0.3, -0.25) is 0 Å². The molecule has 0 bridgehead atoms. The maximum absolute atomic E-state index is 6.06. The summed E-state index contributed by atoms with van der Waals surface area (Å²) in [4.78, 5) is 0. The molecule has 0 spiro atoms. The Labute approximate surface area is 81.5 Å². The monoisotopic (exact) mass is 189 g/mol. The molecule has 0 aromatic rings. The highest BCUT2D eigenvalue weighted by molar-refractivity contribution is 7.99. The molecule has 0 aromatic carbocycles. The van der Waals surface area contributed by atoms with Gasteiger partial charge in [0.05, 0.1) is 0 Å². The first kappa shape index (κ1) is 12.3. The van der Waals surface area contributed by atoms with Crippen LogP contribution in [0.25, 0.3) is 0 Å². The van der Waals surface area contributed by atoms with Crippen molar-refractivity contribution in [3.8, 4) is 0 Å². The molecule has 0 aliphatic heterocycles. The average molecular weight is 189 g/mol. The number of hydrogen-bond acceptors (Lipinski definition) is 2. The quantitative estimate of drug-likeness (QED) is 0.666. The predicted molar refractivity (Wildman–Crippen MR) is 59.7 cm³/mol. The smallest absolute Gasteiger partial charge is 0.0196 e. The van der Waals surface area contributed by atoms with Crippen LogP contribution in [-0.4, -0.2) is 17.0 Å². The molecule has 0 aromatic heterocycles. The average Bonchev–Trinajstić information content (AvgIpc) is 2.06. The Morgan fingerprint density at radius 1 is 1.17 bits per heavy atom. The maximum atomic E-state index is 6.06. The van der Waals surface area contributed by atoms with Crippen molar-refractivity contribution in [1.29, 1.82) is 0 Å². The van der Waals surface area contributed by atoms with Gasteiger partial charge >= 0.3 is 0 Å². The fraction of sp³-hybridized carbons (Fsp3) is 1.00. The first-order valence-electron chi connectivity index (χ1n) is 5.13. The van der Waals surface area contributed by atoms with Gasteiger partial charge in [0, 0.05) is 11.3 Å². The molecule has 2 unspecified atom stereocenters. The van der Waals surface area contributed by atoms with Crippen LogP contribution >= 0.6 is 11.8 Å². The molecule has 0 radical (unpaired) electrons. The second kappa shape index (κ2) is 7.93. The van der Waals surface area contributed by atoms with Gasteiger partial charge < -0.3 is 5.73 Å². The van der Waals surface area contributed by atoms with Crippen LogP contribution in [0, 0.1) is 0 Å². The fourth-order valence-corrected chi connectivity index (χ4v) is 2.49. The van der Waals surface area contributed by atoms with Gasteiger partial charge in [0.2, 0.25) is 0 Å². The van der Waals surface area contributed by atoms with Crippen molar-refractivity contribution >= 4 is 11.8 Å². The fourth-order valence-electron chi connectivity index (χ4n) is 1.33. The van der Waals surface area contributed by atoms with E-state index >= 15 is 0 Å². The van der Waals surface area contributed by atoms with E-state index in [2.05, 4.69) is 20.8 Å². The van der Waals surface area contributed by atoms with Gasteiger partial charge in [-0.25, -0.2) is 0 Å². The summed E-state index contributed by atoms with van der Waals surface area (Å²) in [7, 11) is 0. The van der Waals surface area contributed by atoms with Crippen molar-refractivity contribution < 1.29 is 0 Å². The van der Waals surface area contributed by atoms with Crippen molar-refractivity contribution in [3.63, 3.8) is 0 Å². The van der Waals surface area contributed by atoms with Crippen molar-refractivity contribution in [2.24, 2.45) is 5.73 Å². The lowest BCUT2D eigenvalue weighted by Crippen LogP contribution is -2.32. The van der Waals surface area contributed by atoms with Crippen molar-refractivity contribution in [3.05, 3.63) is 0 Å². The van der Waals surface area contributed by atoms with E-state index in [4.69, 9.17) is 5.73 Å². The summed E-state index contributed by atoms with van der Waals surface area (Å²) in [5.41, 5.74) is 6.06. The van der Waals surface area contributed by atoms with Crippen LogP contribution in [-0.2, 0) is 0 Å². The minimum absolute atomic E-state index is 0.413. The third kappa shape index (κ3) is 5.04. The van der Waals surface area contributed by atoms with E-state index in [1.807, 2.05) is 11.8 Å². The van der Waals surface area contributed by atoms with E-state index < -0.39 is 0 Å². The van der Waals surface area contributed by atoms with Crippen LogP contribution in [0.4, 0.5) is 0 Å². The Morgan fingerprint density at radius 2 is 1.83 bits per heavy atom. The first-order chi connectivity index (χ1) is 5.76. The van der Waals surface area contributed by atoms with Gasteiger partial charge in [-0.1, -0.05) is 27.2 Å². The summed E-state index contributed by atoms with van der Waals surface area (Å²) < 4.78 is 0. The summed E-state index contributed by atoms with van der Waals surface area (Å²) in [6, 6.07) is 0.413. The van der Waals surface area contributed by atoms with E-state index in [-0.39, 0.29) is 0 Å². The normalized spacial score (nSPS) is 16.0. The molecule has 0 saturated carbocycles. The molecule has 0 fully saturated rings. The Hall–Kier alpha value is 0.310. The SMILES string of the molecule is CCCSC(CC)C(N)CCC. The van der Waals surface area contributed by atoms with Gasteiger partial charge in [-0.05, 0) is 25.0 Å². The van der Waals surface area contributed by atoms with Gasteiger partial charge in [-0.15, -0.1) is 0 Å². The zero-order chi connectivity index (χ0) is 9.40. The van der Waals surface area contributed by atoms with Crippen LogP contribution in [0.1, 0.15) is 46.5 Å². The lowest BCUT2D eigenvalue weighted by Gasteiger charge is -2.21. The standard InChI is InChI=1S/C10H23NS/c1-4-7-9(11)10(6-3)12-8-5-2/h9-10H,4-8,11H2,1-3H3. The Morgan fingerprint density at radius 3 is 2.25 bits per heavy atom. The molecule has 0 heterocycles. The second-order valence-electron chi connectivity index (χ2n) is 3.27. The number of rotatable bonds is 7. The first-order valence-corrected chi connectivity index (χ1v) is 6.18. The molecule has 2 N–H and O–H groups in total. The van der Waals surface area contributed by atoms with Gasteiger partial charge in [0.25, 0.3) is 0 Å². The van der Waals surface area contributed by atoms with Crippen LogP contribution in [0.5, 0.6) is 0 Å². The largest absolute Gasteiger partial charge is 0.327 e. The molecule has 12 heavy (non-hydrogen) atoms. The second-order valence-corrected chi connectivity index (χ2v) is 4.62. The van der Waals surface area contributed by atoms with E-state index in [0.29, 0.717) is 11.3 Å². The molecule has 0 amide bonds. The summed E-state index contributed by atoms with van der Waals surface area (Å²) >= 11 is 2.04. The molecule has 0 aliphatic rings. The molecule has 74 valence electrons. The highest BCUT2D eigenvalue weighted by Crippen LogP contribution is 2.20. The van der Waals surface area contributed by atoms with Gasteiger partial charge in [0.1, 0.15) is 0 Å². The Balaban J connectivity index is 3.62. The molecular formula is C10H23NS. The van der Waals surface area contributed by atoms with Gasteiger partial charge in [-0.2, -0.15) is 11.8 Å². The van der Waals surface area contributed by atoms with Crippen LogP contribution in [0.2, 0.25) is 0 Å². The number of nitrogens with two attached hydrogens (primary N) is 1. The number of thioether (sulfide) groups is 1.